The molecule has 0 spiro atoms. The summed E-state index contributed by atoms with van der Waals surface area (Å²) < 4.78 is 0. The van der Waals surface area contributed by atoms with E-state index in [4.69, 9.17) is 4.98 Å². The van der Waals surface area contributed by atoms with Gasteiger partial charge in [-0.2, -0.15) is 0 Å². The van der Waals surface area contributed by atoms with E-state index in [0.29, 0.717) is 0 Å². The minimum atomic E-state index is 0.766. The zero-order chi connectivity index (χ0) is 13.0. The Morgan fingerprint density at radius 3 is 2.89 bits per heavy atom. The quantitative estimate of drug-likeness (QED) is 0.783. The molecule has 1 aliphatic rings. The van der Waals surface area contributed by atoms with Crippen molar-refractivity contribution in [3.63, 3.8) is 0 Å². The van der Waals surface area contributed by atoms with E-state index < -0.39 is 0 Å². The SMILES string of the molecule is CCNCc1csc(N(CCC(C)C)C2CC2)n1. The Morgan fingerprint density at radius 1 is 1.50 bits per heavy atom. The second-order valence-corrected chi connectivity index (χ2v) is 6.35. The Hall–Kier alpha value is -0.610. The van der Waals surface area contributed by atoms with Gasteiger partial charge in [0.15, 0.2) is 5.13 Å². The van der Waals surface area contributed by atoms with E-state index in [2.05, 4.69) is 36.4 Å². The maximum atomic E-state index is 4.77. The van der Waals surface area contributed by atoms with E-state index in [1.54, 1.807) is 11.3 Å². The minimum Gasteiger partial charge on any atom is -0.345 e. The lowest BCUT2D eigenvalue weighted by Crippen LogP contribution is -2.27. The van der Waals surface area contributed by atoms with Crippen molar-refractivity contribution in [3.8, 4) is 0 Å². The summed E-state index contributed by atoms with van der Waals surface area (Å²) in [4.78, 5) is 7.30. The Labute approximate surface area is 115 Å². The van der Waals surface area contributed by atoms with Gasteiger partial charge in [0, 0.05) is 24.5 Å². The molecule has 3 nitrogen and oxygen atoms in total. The van der Waals surface area contributed by atoms with Crippen molar-refractivity contribution in [1.82, 2.24) is 10.3 Å². The van der Waals surface area contributed by atoms with Crippen LogP contribution >= 0.6 is 11.3 Å². The van der Waals surface area contributed by atoms with Crippen molar-refractivity contribution in [2.24, 2.45) is 5.92 Å². The zero-order valence-corrected chi connectivity index (χ0v) is 12.6. The molecular formula is C14H25N3S. The highest BCUT2D eigenvalue weighted by Crippen LogP contribution is 2.33. The van der Waals surface area contributed by atoms with Gasteiger partial charge in [-0.15, -0.1) is 11.3 Å². The molecule has 1 heterocycles. The predicted octanol–water partition coefficient (Wildman–Crippen LogP) is 3.27. The smallest absolute Gasteiger partial charge is 0.185 e. The fourth-order valence-electron chi connectivity index (χ4n) is 1.98. The summed E-state index contributed by atoms with van der Waals surface area (Å²) in [5, 5.41) is 6.76. The van der Waals surface area contributed by atoms with Crippen LogP contribution in [0, 0.1) is 5.92 Å². The monoisotopic (exact) mass is 267 g/mol. The van der Waals surface area contributed by atoms with Crippen LogP contribution in [0.4, 0.5) is 5.13 Å². The summed E-state index contributed by atoms with van der Waals surface area (Å²) in [7, 11) is 0. The number of hydrogen-bond donors (Lipinski definition) is 1. The van der Waals surface area contributed by atoms with Crippen LogP contribution in [0.1, 0.15) is 45.7 Å². The molecule has 0 saturated heterocycles. The van der Waals surface area contributed by atoms with Gasteiger partial charge in [0.1, 0.15) is 0 Å². The molecule has 102 valence electrons. The summed E-state index contributed by atoms with van der Waals surface area (Å²) in [6.07, 6.45) is 3.96. The van der Waals surface area contributed by atoms with Crippen LogP contribution in [0.15, 0.2) is 5.38 Å². The molecule has 4 heteroatoms. The minimum absolute atomic E-state index is 0.766. The number of nitrogens with one attached hydrogen (secondary N) is 1. The third kappa shape index (κ3) is 3.95. The molecule has 1 fully saturated rings. The van der Waals surface area contributed by atoms with Crippen LogP contribution < -0.4 is 10.2 Å². The molecule has 1 aromatic rings. The van der Waals surface area contributed by atoms with Crippen LogP contribution in [0.2, 0.25) is 0 Å². The fraction of sp³-hybridized carbons (Fsp3) is 0.786. The van der Waals surface area contributed by atoms with Crippen LogP contribution in [0.5, 0.6) is 0 Å². The molecule has 0 radical (unpaired) electrons. The molecule has 1 N–H and O–H groups in total. The van der Waals surface area contributed by atoms with E-state index in [1.807, 2.05) is 0 Å². The fourth-order valence-corrected chi connectivity index (χ4v) is 2.90. The molecule has 0 aliphatic heterocycles. The van der Waals surface area contributed by atoms with Gasteiger partial charge in [0.2, 0.25) is 0 Å². The average Bonchev–Trinajstić information content (AvgIpc) is 3.06. The third-order valence-electron chi connectivity index (χ3n) is 3.28. The largest absolute Gasteiger partial charge is 0.345 e. The summed E-state index contributed by atoms with van der Waals surface area (Å²) in [6.45, 7) is 9.79. The van der Waals surface area contributed by atoms with E-state index in [0.717, 1.165) is 31.6 Å². The lowest BCUT2D eigenvalue weighted by Gasteiger charge is -2.22. The maximum Gasteiger partial charge on any atom is 0.185 e. The third-order valence-corrected chi connectivity index (χ3v) is 4.20. The van der Waals surface area contributed by atoms with E-state index >= 15 is 0 Å². The molecule has 0 atom stereocenters. The van der Waals surface area contributed by atoms with E-state index in [-0.39, 0.29) is 0 Å². The first-order chi connectivity index (χ1) is 8.70. The highest BCUT2D eigenvalue weighted by molar-refractivity contribution is 7.13. The number of nitrogens with zero attached hydrogens (tertiary/aromatic N) is 2. The van der Waals surface area contributed by atoms with Gasteiger partial charge in [0.05, 0.1) is 5.69 Å². The van der Waals surface area contributed by atoms with Crippen molar-refractivity contribution < 1.29 is 0 Å². The highest BCUT2D eigenvalue weighted by Gasteiger charge is 2.30. The van der Waals surface area contributed by atoms with Gasteiger partial charge >= 0.3 is 0 Å². The normalized spacial score (nSPS) is 15.3. The van der Waals surface area contributed by atoms with Crippen LogP contribution in [0.3, 0.4) is 0 Å². The van der Waals surface area contributed by atoms with Gasteiger partial charge < -0.3 is 10.2 Å². The van der Waals surface area contributed by atoms with Crippen molar-refractivity contribution in [2.75, 3.05) is 18.0 Å². The summed E-state index contributed by atoms with van der Waals surface area (Å²) in [6, 6.07) is 0.766. The highest BCUT2D eigenvalue weighted by atomic mass is 32.1. The maximum absolute atomic E-state index is 4.77. The average molecular weight is 267 g/mol. The van der Waals surface area contributed by atoms with Gasteiger partial charge in [-0.05, 0) is 31.7 Å². The first-order valence-corrected chi connectivity index (χ1v) is 8.00. The first kappa shape index (κ1) is 13.8. The van der Waals surface area contributed by atoms with Crippen LogP contribution in [0.25, 0.3) is 0 Å². The number of aromatic nitrogens is 1. The standard InChI is InChI=1S/C14H25N3S/c1-4-15-9-12-10-18-14(16-12)17(13-5-6-13)8-7-11(2)3/h10-11,13,15H,4-9H2,1-3H3. The van der Waals surface area contributed by atoms with Gasteiger partial charge in [-0.3, -0.25) is 0 Å². The van der Waals surface area contributed by atoms with Crippen molar-refractivity contribution >= 4 is 16.5 Å². The Kier molecular flexibility index (Phi) is 5.01. The van der Waals surface area contributed by atoms with Crippen LogP contribution in [-0.4, -0.2) is 24.1 Å². The van der Waals surface area contributed by atoms with E-state index in [1.165, 1.54) is 30.1 Å². The Morgan fingerprint density at radius 2 is 2.28 bits per heavy atom. The predicted molar refractivity (Wildman–Crippen MR) is 79.3 cm³/mol. The Bertz CT molecular complexity index is 358. The second-order valence-electron chi connectivity index (χ2n) is 5.51. The summed E-state index contributed by atoms with van der Waals surface area (Å²) >= 11 is 1.80. The molecule has 0 unspecified atom stereocenters. The summed E-state index contributed by atoms with van der Waals surface area (Å²) in [5.41, 5.74) is 1.19. The Balaban J connectivity index is 1.94. The number of rotatable bonds is 8. The van der Waals surface area contributed by atoms with Crippen molar-refractivity contribution in [3.05, 3.63) is 11.1 Å². The molecule has 18 heavy (non-hydrogen) atoms. The lowest BCUT2D eigenvalue weighted by molar-refractivity contribution is 0.570. The molecule has 1 saturated carbocycles. The van der Waals surface area contributed by atoms with Gasteiger partial charge in [-0.1, -0.05) is 20.8 Å². The molecule has 0 amide bonds. The molecular weight excluding hydrogens is 242 g/mol. The van der Waals surface area contributed by atoms with Crippen molar-refractivity contribution in [2.45, 2.75) is 52.6 Å². The zero-order valence-electron chi connectivity index (χ0n) is 11.8. The number of thiazole rings is 1. The lowest BCUT2D eigenvalue weighted by atomic mass is 10.1. The molecule has 1 aromatic heterocycles. The van der Waals surface area contributed by atoms with E-state index in [9.17, 15) is 0 Å². The molecule has 2 rings (SSSR count). The van der Waals surface area contributed by atoms with Gasteiger partial charge in [0.25, 0.3) is 0 Å². The molecule has 1 aliphatic carbocycles. The van der Waals surface area contributed by atoms with Gasteiger partial charge in [-0.25, -0.2) is 4.98 Å². The summed E-state index contributed by atoms with van der Waals surface area (Å²) in [5.74, 6) is 0.771. The second kappa shape index (κ2) is 6.53. The number of anilines is 1. The molecule has 0 aromatic carbocycles. The topological polar surface area (TPSA) is 28.2 Å². The van der Waals surface area contributed by atoms with Crippen LogP contribution in [-0.2, 0) is 6.54 Å². The molecule has 0 bridgehead atoms. The first-order valence-electron chi connectivity index (χ1n) is 7.12. The number of hydrogen-bond acceptors (Lipinski definition) is 4. The van der Waals surface area contributed by atoms with Crippen molar-refractivity contribution in [1.29, 1.82) is 0 Å².